The molecule has 0 aromatic heterocycles. The Bertz CT molecular complexity index is 671. The molecular formula is C21H30S. The summed E-state index contributed by atoms with van der Waals surface area (Å²) in [6.07, 6.45) is 17.2. The van der Waals surface area contributed by atoms with Crippen molar-refractivity contribution in [3.05, 3.63) is 45.6 Å². The first-order valence-electron chi connectivity index (χ1n) is 8.80. The largest absolute Gasteiger partial charge is 0.221 e. The van der Waals surface area contributed by atoms with E-state index in [1.165, 1.54) is 32.1 Å². The normalized spacial score (nSPS) is 36.5. The van der Waals surface area contributed by atoms with Gasteiger partial charge in [0.05, 0.1) is 0 Å². The SMILES string of the molecule is CC1=C(C)C2(CC3(C=CC4=C3CCCC4)S2(C)C)C(C)=C1C. The van der Waals surface area contributed by atoms with Gasteiger partial charge < -0.3 is 0 Å². The van der Waals surface area contributed by atoms with Crippen LogP contribution in [0.15, 0.2) is 45.6 Å². The van der Waals surface area contributed by atoms with Gasteiger partial charge in [0.25, 0.3) is 0 Å². The Hall–Kier alpha value is -0.690. The zero-order valence-electron chi connectivity index (χ0n) is 15.1. The maximum Gasteiger partial charge on any atom is 0.0453 e. The van der Waals surface area contributed by atoms with E-state index in [2.05, 4.69) is 52.4 Å². The third kappa shape index (κ3) is 1.31. The molecule has 0 bridgehead atoms. The van der Waals surface area contributed by atoms with Crippen molar-refractivity contribution in [3.63, 3.8) is 0 Å². The molecule has 0 radical (unpaired) electrons. The number of hydrogen-bond acceptors (Lipinski definition) is 0. The van der Waals surface area contributed by atoms with E-state index in [1.54, 1.807) is 27.9 Å². The summed E-state index contributed by atoms with van der Waals surface area (Å²) in [7, 11) is -0.757. The van der Waals surface area contributed by atoms with Gasteiger partial charge in [-0.3, -0.25) is 0 Å². The van der Waals surface area contributed by atoms with Crippen LogP contribution in [-0.4, -0.2) is 22.0 Å². The molecule has 1 atom stereocenters. The molecule has 0 saturated carbocycles. The van der Waals surface area contributed by atoms with Crippen LogP contribution < -0.4 is 0 Å². The van der Waals surface area contributed by atoms with E-state index >= 15 is 0 Å². The smallest absolute Gasteiger partial charge is 0.0453 e. The lowest BCUT2D eigenvalue weighted by molar-refractivity contribution is 0.523. The van der Waals surface area contributed by atoms with Crippen molar-refractivity contribution in [3.8, 4) is 0 Å². The monoisotopic (exact) mass is 314 g/mol. The highest BCUT2D eigenvalue weighted by molar-refractivity contribution is 8.36. The minimum absolute atomic E-state index is 0.394. The molecule has 4 aliphatic rings. The predicted octanol–water partition coefficient (Wildman–Crippen LogP) is 6.06. The molecule has 4 rings (SSSR count). The fourth-order valence-corrected chi connectivity index (χ4v) is 10.7. The molecule has 120 valence electrons. The van der Waals surface area contributed by atoms with Crippen molar-refractivity contribution in [2.75, 3.05) is 12.5 Å². The number of hydrogen-bond donors (Lipinski definition) is 0. The van der Waals surface area contributed by atoms with Crippen molar-refractivity contribution < 1.29 is 0 Å². The second-order valence-corrected chi connectivity index (χ2v) is 12.3. The molecule has 1 unspecified atom stereocenters. The van der Waals surface area contributed by atoms with E-state index < -0.39 is 10.0 Å². The van der Waals surface area contributed by atoms with E-state index in [-0.39, 0.29) is 0 Å². The van der Waals surface area contributed by atoms with Gasteiger partial charge in [-0.15, -0.1) is 0 Å². The van der Waals surface area contributed by atoms with E-state index in [4.69, 9.17) is 0 Å². The Morgan fingerprint density at radius 1 is 0.909 bits per heavy atom. The van der Waals surface area contributed by atoms with Crippen molar-refractivity contribution in [2.24, 2.45) is 0 Å². The van der Waals surface area contributed by atoms with Gasteiger partial charge in [-0.1, -0.05) is 23.3 Å². The van der Waals surface area contributed by atoms with E-state index in [9.17, 15) is 0 Å². The van der Waals surface area contributed by atoms with Crippen LogP contribution in [0.1, 0.15) is 59.8 Å². The maximum absolute atomic E-state index is 2.63. The molecule has 22 heavy (non-hydrogen) atoms. The molecule has 3 aliphatic carbocycles. The lowest BCUT2D eigenvalue weighted by Gasteiger charge is -2.73. The summed E-state index contributed by atoms with van der Waals surface area (Å²) in [4.78, 5) is 0. The minimum Gasteiger partial charge on any atom is -0.221 e. The summed E-state index contributed by atoms with van der Waals surface area (Å²) in [6, 6.07) is 0. The van der Waals surface area contributed by atoms with Crippen LogP contribution in [0.25, 0.3) is 0 Å². The Kier molecular flexibility index (Phi) is 2.86. The summed E-state index contributed by atoms with van der Waals surface area (Å²) >= 11 is 0. The zero-order chi connectivity index (χ0) is 15.9. The number of allylic oxidation sites excluding steroid dienone is 4. The quantitative estimate of drug-likeness (QED) is 0.510. The Labute approximate surface area is 137 Å². The average molecular weight is 315 g/mol. The molecule has 0 N–H and O–H groups in total. The Morgan fingerprint density at radius 2 is 1.50 bits per heavy atom. The second kappa shape index (κ2) is 4.23. The molecule has 1 aliphatic heterocycles. The van der Waals surface area contributed by atoms with Crippen LogP contribution in [0.3, 0.4) is 0 Å². The third-order valence-corrected chi connectivity index (χ3v) is 12.6. The van der Waals surface area contributed by atoms with Crippen LogP contribution in [0.2, 0.25) is 0 Å². The Balaban J connectivity index is 1.86. The number of fused-ring (bicyclic) bond motifs is 1. The molecule has 1 heteroatoms. The van der Waals surface area contributed by atoms with Crippen LogP contribution in [0.5, 0.6) is 0 Å². The molecule has 2 spiro atoms. The van der Waals surface area contributed by atoms with Gasteiger partial charge in [-0.05, 0) is 94.6 Å². The van der Waals surface area contributed by atoms with Crippen molar-refractivity contribution >= 4 is 10.0 Å². The van der Waals surface area contributed by atoms with Gasteiger partial charge in [0.15, 0.2) is 0 Å². The molecule has 0 aromatic rings. The molecule has 0 nitrogen and oxygen atoms in total. The minimum atomic E-state index is -0.757. The summed E-state index contributed by atoms with van der Waals surface area (Å²) < 4.78 is 0.821. The zero-order valence-corrected chi connectivity index (χ0v) is 15.9. The van der Waals surface area contributed by atoms with Crippen LogP contribution in [-0.2, 0) is 0 Å². The van der Waals surface area contributed by atoms with Crippen molar-refractivity contribution in [1.29, 1.82) is 0 Å². The summed E-state index contributed by atoms with van der Waals surface area (Å²) in [5.74, 6) is 0. The maximum atomic E-state index is 2.63. The van der Waals surface area contributed by atoms with Crippen LogP contribution >= 0.6 is 10.0 Å². The topological polar surface area (TPSA) is 0 Å². The highest BCUT2D eigenvalue weighted by Gasteiger charge is 2.69. The van der Waals surface area contributed by atoms with Gasteiger partial charge in [0.2, 0.25) is 0 Å². The van der Waals surface area contributed by atoms with Gasteiger partial charge in [-0.2, -0.15) is 0 Å². The molecule has 1 fully saturated rings. The third-order valence-electron chi connectivity index (χ3n) is 7.77. The fraction of sp³-hybridized carbons (Fsp3) is 0.619. The van der Waals surface area contributed by atoms with Crippen LogP contribution in [0, 0.1) is 0 Å². The molecule has 1 heterocycles. The lowest BCUT2D eigenvalue weighted by atomic mass is 9.77. The van der Waals surface area contributed by atoms with Crippen molar-refractivity contribution in [1.82, 2.24) is 0 Å². The van der Waals surface area contributed by atoms with Gasteiger partial charge in [-0.25, -0.2) is 10.0 Å². The highest BCUT2D eigenvalue weighted by Crippen LogP contribution is 2.85. The average Bonchev–Trinajstić information content (AvgIpc) is 2.97. The highest BCUT2D eigenvalue weighted by atomic mass is 32.3. The van der Waals surface area contributed by atoms with E-state index in [0.29, 0.717) is 9.49 Å². The second-order valence-electron chi connectivity index (χ2n) is 8.26. The predicted molar refractivity (Wildman–Crippen MR) is 101 cm³/mol. The van der Waals surface area contributed by atoms with Gasteiger partial charge >= 0.3 is 0 Å². The first kappa shape index (κ1) is 14.9. The van der Waals surface area contributed by atoms with Crippen molar-refractivity contribution in [2.45, 2.75) is 69.3 Å². The van der Waals surface area contributed by atoms with Gasteiger partial charge in [0, 0.05) is 9.49 Å². The summed E-state index contributed by atoms with van der Waals surface area (Å²) in [5.41, 5.74) is 10.1. The van der Waals surface area contributed by atoms with Gasteiger partial charge in [0.1, 0.15) is 0 Å². The first-order valence-corrected chi connectivity index (χ1v) is 11.2. The molecule has 1 saturated heterocycles. The fourth-order valence-electron chi connectivity index (χ4n) is 6.02. The number of rotatable bonds is 0. The lowest BCUT2D eigenvalue weighted by Crippen LogP contribution is -2.61. The summed E-state index contributed by atoms with van der Waals surface area (Å²) in [6.45, 7) is 9.54. The first-order chi connectivity index (χ1) is 10.3. The molecular weight excluding hydrogens is 284 g/mol. The summed E-state index contributed by atoms with van der Waals surface area (Å²) in [5, 5.41) is 0. The van der Waals surface area contributed by atoms with E-state index in [1.807, 2.05) is 5.57 Å². The van der Waals surface area contributed by atoms with Crippen LogP contribution in [0.4, 0.5) is 0 Å². The Morgan fingerprint density at radius 3 is 2.09 bits per heavy atom. The standard InChI is InChI=1S/C21H30S/c1-14-15(2)17(4)21(16(14)3)13-20(22(21,5)6)12-11-18-9-7-8-10-19(18)20/h11-12H,7-10,13H2,1-6H3. The van der Waals surface area contributed by atoms with E-state index in [0.717, 1.165) is 0 Å². The molecule has 0 aromatic carbocycles. The molecule has 0 amide bonds.